The summed E-state index contributed by atoms with van der Waals surface area (Å²) in [5.41, 5.74) is 1.01. The number of rotatable bonds is 0. The lowest BCUT2D eigenvalue weighted by molar-refractivity contribution is 1.83. The molecule has 0 aliphatic heterocycles. The first kappa shape index (κ1) is 6.45. The standard InChI is InChI=1S/C10H6S/c1-2-8-7-11-10-6-4-3-5-9(8)10/h1,3-7H. The molecule has 0 N–H and O–H groups in total. The molecule has 0 atom stereocenters. The fraction of sp³-hybridized carbons (Fsp3) is 0. The maximum atomic E-state index is 5.32. The van der Waals surface area contributed by atoms with E-state index in [1.807, 2.05) is 17.5 Å². The Balaban J connectivity index is 2.89. The highest BCUT2D eigenvalue weighted by Crippen LogP contribution is 2.24. The Morgan fingerprint density at radius 1 is 1.27 bits per heavy atom. The van der Waals surface area contributed by atoms with Gasteiger partial charge in [-0.15, -0.1) is 17.8 Å². The third kappa shape index (κ3) is 0.923. The largest absolute Gasteiger partial charge is 0.142 e. The first-order valence-corrected chi connectivity index (χ1v) is 4.22. The molecule has 0 aliphatic rings. The van der Waals surface area contributed by atoms with Crippen LogP contribution in [0.25, 0.3) is 10.1 Å². The van der Waals surface area contributed by atoms with E-state index < -0.39 is 0 Å². The molecule has 0 amide bonds. The molecule has 2 rings (SSSR count). The van der Waals surface area contributed by atoms with Crippen LogP contribution >= 0.6 is 11.3 Å². The number of hydrogen-bond acceptors (Lipinski definition) is 1. The van der Waals surface area contributed by atoms with Gasteiger partial charge in [0.15, 0.2) is 0 Å². The van der Waals surface area contributed by atoms with E-state index in [2.05, 4.69) is 18.1 Å². The van der Waals surface area contributed by atoms with Crippen LogP contribution in [0.4, 0.5) is 0 Å². The SMILES string of the molecule is C#Cc1csc2ccccc12. The van der Waals surface area contributed by atoms with E-state index in [0.717, 1.165) is 5.56 Å². The Morgan fingerprint density at radius 2 is 2.09 bits per heavy atom. The summed E-state index contributed by atoms with van der Waals surface area (Å²) >= 11 is 1.70. The molecule has 52 valence electrons. The van der Waals surface area contributed by atoms with E-state index in [1.54, 1.807) is 11.3 Å². The summed E-state index contributed by atoms with van der Waals surface area (Å²) in [6.45, 7) is 0. The number of fused-ring (bicyclic) bond motifs is 1. The molecule has 1 aromatic heterocycles. The molecule has 2 aromatic rings. The molecule has 11 heavy (non-hydrogen) atoms. The van der Waals surface area contributed by atoms with Crippen molar-refractivity contribution in [2.75, 3.05) is 0 Å². The molecule has 0 unspecified atom stereocenters. The van der Waals surface area contributed by atoms with Gasteiger partial charge in [0.1, 0.15) is 0 Å². The highest BCUT2D eigenvalue weighted by molar-refractivity contribution is 7.17. The Morgan fingerprint density at radius 3 is 2.91 bits per heavy atom. The Bertz CT molecular complexity index is 418. The van der Waals surface area contributed by atoms with Crippen molar-refractivity contribution in [2.24, 2.45) is 0 Å². The zero-order chi connectivity index (χ0) is 7.68. The molecule has 1 heterocycles. The minimum Gasteiger partial charge on any atom is -0.142 e. The summed E-state index contributed by atoms with van der Waals surface area (Å²) in [5, 5.41) is 3.21. The fourth-order valence-corrected chi connectivity index (χ4v) is 1.99. The molecule has 0 radical (unpaired) electrons. The molecule has 0 bridgehead atoms. The normalized spacial score (nSPS) is 9.73. The van der Waals surface area contributed by atoms with Gasteiger partial charge in [0.05, 0.1) is 0 Å². The van der Waals surface area contributed by atoms with E-state index in [-0.39, 0.29) is 0 Å². The predicted molar refractivity (Wildman–Crippen MR) is 49.8 cm³/mol. The topological polar surface area (TPSA) is 0 Å². The minimum absolute atomic E-state index is 1.01. The summed E-state index contributed by atoms with van der Waals surface area (Å²) in [4.78, 5) is 0. The van der Waals surface area contributed by atoms with E-state index in [9.17, 15) is 0 Å². The lowest BCUT2D eigenvalue weighted by atomic mass is 10.2. The second-order valence-electron chi connectivity index (χ2n) is 2.29. The molecule has 1 aromatic carbocycles. The summed E-state index contributed by atoms with van der Waals surface area (Å²) in [7, 11) is 0. The van der Waals surface area contributed by atoms with Gasteiger partial charge in [-0.05, 0) is 6.07 Å². The van der Waals surface area contributed by atoms with Gasteiger partial charge in [0.25, 0.3) is 0 Å². The van der Waals surface area contributed by atoms with Crippen molar-refractivity contribution in [2.45, 2.75) is 0 Å². The van der Waals surface area contributed by atoms with Gasteiger partial charge < -0.3 is 0 Å². The van der Waals surface area contributed by atoms with Gasteiger partial charge in [0.2, 0.25) is 0 Å². The van der Waals surface area contributed by atoms with Crippen LogP contribution in [-0.4, -0.2) is 0 Å². The smallest absolute Gasteiger partial charge is 0.0428 e. The Kier molecular flexibility index (Phi) is 1.41. The number of terminal acetylenes is 1. The molecule has 0 aliphatic carbocycles. The van der Waals surface area contributed by atoms with Crippen molar-refractivity contribution >= 4 is 21.4 Å². The number of benzene rings is 1. The van der Waals surface area contributed by atoms with Gasteiger partial charge in [0, 0.05) is 21.0 Å². The Hall–Kier alpha value is -1.26. The Labute approximate surface area is 69.5 Å². The number of thiophene rings is 1. The van der Waals surface area contributed by atoms with Gasteiger partial charge in [-0.2, -0.15) is 0 Å². The average molecular weight is 158 g/mol. The average Bonchev–Trinajstić information content (AvgIpc) is 2.47. The van der Waals surface area contributed by atoms with Gasteiger partial charge >= 0.3 is 0 Å². The molecular formula is C10H6S. The van der Waals surface area contributed by atoms with E-state index in [1.165, 1.54) is 10.1 Å². The highest BCUT2D eigenvalue weighted by atomic mass is 32.1. The third-order valence-electron chi connectivity index (χ3n) is 1.64. The minimum atomic E-state index is 1.01. The van der Waals surface area contributed by atoms with Crippen LogP contribution in [0.2, 0.25) is 0 Å². The van der Waals surface area contributed by atoms with Crippen LogP contribution in [0.3, 0.4) is 0 Å². The summed E-state index contributed by atoms with van der Waals surface area (Å²) in [6.07, 6.45) is 5.32. The molecule has 0 saturated carbocycles. The van der Waals surface area contributed by atoms with Crippen LogP contribution in [0, 0.1) is 12.3 Å². The lowest BCUT2D eigenvalue weighted by Gasteiger charge is -1.86. The summed E-state index contributed by atoms with van der Waals surface area (Å²) in [6, 6.07) is 8.18. The van der Waals surface area contributed by atoms with Crippen LogP contribution in [0.5, 0.6) is 0 Å². The second kappa shape index (κ2) is 2.41. The molecule has 0 fully saturated rings. The molecular weight excluding hydrogens is 152 g/mol. The van der Waals surface area contributed by atoms with Crippen molar-refractivity contribution in [3.63, 3.8) is 0 Å². The zero-order valence-electron chi connectivity index (χ0n) is 5.87. The van der Waals surface area contributed by atoms with Crippen molar-refractivity contribution in [3.8, 4) is 12.3 Å². The van der Waals surface area contributed by atoms with E-state index >= 15 is 0 Å². The maximum Gasteiger partial charge on any atom is 0.0428 e. The van der Waals surface area contributed by atoms with Crippen LogP contribution in [-0.2, 0) is 0 Å². The highest BCUT2D eigenvalue weighted by Gasteiger charge is 1.97. The first-order valence-electron chi connectivity index (χ1n) is 3.34. The van der Waals surface area contributed by atoms with E-state index in [0.29, 0.717) is 0 Å². The van der Waals surface area contributed by atoms with Crippen molar-refractivity contribution < 1.29 is 0 Å². The zero-order valence-corrected chi connectivity index (χ0v) is 6.69. The quantitative estimate of drug-likeness (QED) is 0.517. The van der Waals surface area contributed by atoms with Gasteiger partial charge in [-0.3, -0.25) is 0 Å². The maximum absolute atomic E-state index is 5.32. The van der Waals surface area contributed by atoms with Crippen LogP contribution < -0.4 is 0 Å². The van der Waals surface area contributed by atoms with Crippen LogP contribution in [0.1, 0.15) is 5.56 Å². The third-order valence-corrected chi connectivity index (χ3v) is 2.60. The first-order chi connectivity index (χ1) is 5.42. The molecule has 0 spiro atoms. The van der Waals surface area contributed by atoms with Crippen molar-refractivity contribution in [1.29, 1.82) is 0 Å². The monoisotopic (exact) mass is 158 g/mol. The lowest BCUT2D eigenvalue weighted by Crippen LogP contribution is -1.66. The van der Waals surface area contributed by atoms with Crippen molar-refractivity contribution in [3.05, 3.63) is 35.2 Å². The van der Waals surface area contributed by atoms with Crippen molar-refractivity contribution in [1.82, 2.24) is 0 Å². The molecule has 0 nitrogen and oxygen atoms in total. The fourth-order valence-electron chi connectivity index (χ4n) is 1.09. The molecule has 1 heteroatoms. The van der Waals surface area contributed by atoms with E-state index in [4.69, 9.17) is 6.42 Å². The van der Waals surface area contributed by atoms with Gasteiger partial charge in [-0.1, -0.05) is 24.1 Å². The summed E-state index contributed by atoms with van der Waals surface area (Å²) in [5.74, 6) is 2.66. The summed E-state index contributed by atoms with van der Waals surface area (Å²) < 4.78 is 1.26. The number of hydrogen-bond donors (Lipinski definition) is 0. The second-order valence-corrected chi connectivity index (χ2v) is 3.20. The molecule has 0 saturated heterocycles. The van der Waals surface area contributed by atoms with Crippen LogP contribution in [0.15, 0.2) is 29.6 Å². The predicted octanol–water partition coefficient (Wildman–Crippen LogP) is 2.88. The van der Waals surface area contributed by atoms with Gasteiger partial charge in [-0.25, -0.2) is 0 Å².